The average molecular weight is 504 g/mol. The summed E-state index contributed by atoms with van der Waals surface area (Å²) in [5, 5.41) is 8.25. The van der Waals surface area contributed by atoms with Crippen molar-refractivity contribution in [1.29, 1.82) is 0 Å². The van der Waals surface area contributed by atoms with Gasteiger partial charge in [0.1, 0.15) is 5.75 Å². The number of nitrogens with two attached hydrogens (primary N) is 1. The summed E-state index contributed by atoms with van der Waals surface area (Å²) in [6.45, 7) is -0.212. The molecule has 0 atom stereocenters. The summed E-state index contributed by atoms with van der Waals surface area (Å²) in [6, 6.07) is 14.6. The molecule has 0 fully saturated rings. The highest BCUT2D eigenvalue weighted by atomic mass is 35.5. The molecular weight excluding hydrogens is 487 g/mol. The van der Waals surface area contributed by atoms with Crippen LogP contribution in [0.5, 0.6) is 17.4 Å². The summed E-state index contributed by atoms with van der Waals surface area (Å²) in [4.78, 5) is 16.6. The molecule has 0 aliphatic rings. The SMILES string of the molecule is COc1nnc(-c2ccccc2)cc1Cn1cnc(C(F)(F)F)c(Oc2cc(N)cc(Cl)c2)c1=O. The van der Waals surface area contributed by atoms with Crippen molar-refractivity contribution in [1.82, 2.24) is 19.7 Å². The first-order chi connectivity index (χ1) is 16.7. The summed E-state index contributed by atoms with van der Waals surface area (Å²) >= 11 is 5.92. The second kappa shape index (κ2) is 9.63. The second-order valence-electron chi connectivity index (χ2n) is 7.31. The van der Waals surface area contributed by atoms with Crippen LogP contribution in [0.15, 0.2) is 65.7 Å². The summed E-state index contributed by atoms with van der Waals surface area (Å²) in [6.07, 6.45) is -4.17. The van der Waals surface area contributed by atoms with Crippen LogP contribution in [0.25, 0.3) is 11.3 Å². The van der Waals surface area contributed by atoms with Crippen LogP contribution in [-0.2, 0) is 12.7 Å². The van der Waals surface area contributed by atoms with E-state index in [4.69, 9.17) is 26.8 Å². The lowest BCUT2D eigenvalue weighted by Gasteiger charge is -2.16. The van der Waals surface area contributed by atoms with Gasteiger partial charge in [-0.05, 0) is 18.2 Å². The van der Waals surface area contributed by atoms with Crippen molar-refractivity contribution in [2.45, 2.75) is 12.7 Å². The molecule has 180 valence electrons. The smallest absolute Gasteiger partial charge is 0.437 e. The van der Waals surface area contributed by atoms with Crippen molar-refractivity contribution in [3.8, 4) is 28.6 Å². The Hall–Kier alpha value is -4.12. The molecule has 2 N–H and O–H groups in total. The third kappa shape index (κ3) is 5.35. The molecule has 35 heavy (non-hydrogen) atoms. The van der Waals surface area contributed by atoms with Crippen LogP contribution >= 0.6 is 11.6 Å². The van der Waals surface area contributed by atoms with E-state index >= 15 is 0 Å². The van der Waals surface area contributed by atoms with Gasteiger partial charge in [0.15, 0.2) is 5.69 Å². The zero-order chi connectivity index (χ0) is 25.2. The van der Waals surface area contributed by atoms with Gasteiger partial charge in [-0.2, -0.15) is 13.2 Å². The molecule has 2 aromatic carbocycles. The highest BCUT2D eigenvalue weighted by molar-refractivity contribution is 6.31. The fourth-order valence-corrected chi connectivity index (χ4v) is 3.51. The van der Waals surface area contributed by atoms with Crippen LogP contribution in [0.3, 0.4) is 0 Å². The van der Waals surface area contributed by atoms with Gasteiger partial charge in [0.2, 0.25) is 11.6 Å². The van der Waals surface area contributed by atoms with E-state index in [1.165, 1.54) is 25.3 Å². The number of aromatic nitrogens is 4. The van der Waals surface area contributed by atoms with E-state index in [2.05, 4.69) is 15.2 Å². The zero-order valence-electron chi connectivity index (χ0n) is 18.1. The van der Waals surface area contributed by atoms with Crippen LogP contribution < -0.4 is 20.8 Å². The van der Waals surface area contributed by atoms with Gasteiger partial charge in [-0.15, -0.1) is 10.2 Å². The van der Waals surface area contributed by atoms with Gasteiger partial charge in [0.05, 0.1) is 25.7 Å². The molecule has 0 bridgehead atoms. The standard InChI is InChI=1S/C23H17ClF3N5O3/c1-34-21-14(7-18(30-31-21)13-5-3-2-4-6-13)11-32-12-29-20(23(25,26)27)19(22(32)33)35-17-9-15(24)8-16(28)10-17/h2-10,12H,11,28H2,1H3. The fourth-order valence-electron chi connectivity index (χ4n) is 3.28. The first-order valence-corrected chi connectivity index (χ1v) is 10.4. The number of hydrogen-bond acceptors (Lipinski definition) is 7. The van der Waals surface area contributed by atoms with Gasteiger partial charge in [-0.1, -0.05) is 41.9 Å². The first kappa shape index (κ1) is 24.0. The van der Waals surface area contributed by atoms with Crippen LogP contribution in [0.2, 0.25) is 5.02 Å². The molecule has 0 radical (unpaired) electrons. The Kier molecular flexibility index (Phi) is 6.61. The third-order valence-corrected chi connectivity index (χ3v) is 5.03. The molecule has 2 heterocycles. The van der Waals surface area contributed by atoms with E-state index in [1.54, 1.807) is 6.07 Å². The third-order valence-electron chi connectivity index (χ3n) is 4.82. The van der Waals surface area contributed by atoms with E-state index in [0.717, 1.165) is 16.5 Å². The number of ether oxygens (including phenoxy) is 2. The molecule has 0 saturated heterocycles. The Morgan fingerprint density at radius 2 is 1.83 bits per heavy atom. The summed E-state index contributed by atoms with van der Waals surface area (Å²) in [5.74, 6) is -1.07. The Morgan fingerprint density at radius 3 is 2.49 bits per heavy atom. The number of benzene rings is 2. The summed E-state index contributed by atoms with van der Waals surface area (Å²) in [7, 11) is 1.36. The number of anilines is 1. The van der Waals surface area contributed by atoms with Crippen LogP contribution in [0.1, 0.15) is 11.3 Å². The zero-order valence-corrected chi connectivity index (χ0v) is 18.8. The number of alkyl halides is 3. The van der Waals surface area contributed by atoms with Gasteiger partial charge >= 0.3 is 6.18 Å². The predicted molar refractivity (Wildman–Crippen MR) is 123 cm³/mol. The minimum atomic E-state index is -4.95. The summed E-state index contributed by atoms with van der Waals surface area (Å²) < 4.78 is 52.4. The van der Waals surface area contributed by atoms with Crippen molar-refractivity contribution >= 4 is 17.3 Å². The predicted octanol–water partition coefficient (Wildman–Crippen LogP) is 4.80. The van der Waals surface area contributed by atoms with Crippen molar-refractivity contribution < 1.29 is 22.6 Å². The average Bonchev–Trinajstić information content (AvgIpc) is 2.81. The maximum absolute atomic E-state index is 13.6. The number of methoxy groups -OCH3 is 1. The van der Waals surface area contributed by atoms with E-state index in [-0.39, 0.29) is 28.9 Å². The Labute approximate surface area is 201 Å². The second-order valence-corrected chi connectivity index (χ2v) is 7.74. The number of nitrogens with zero attached hydrogens (tertiary/aromatic N) is 4. The quantitative estimate of drug-likeness (QED) is 0.377. The van der Waals surface area contributed by atoms with E-state index in [1.807, 2.05) is 30.3 Å². The highest BCUT2D eigenvalue weighted by Crippen LogP contribution is 2.35. The lowest BCUT2D eigenvalue weighted by Crippen LogP contribution is -2.27. The molecule has 8 nitrogen and oxygen atoms in total. The monoisotopic (exact) mass is 503 g/mol. The molecule has 0 saturated carbocycles. The lowest BCUT2D eigenvalue weighted by atomic mass is 10.1. The number of hydrogen-bond donors (Lipinski definition) is 1. The van der Waals surface area contributed by atoms with Crippen LogP contribution in [0.4, 0.5) is 18.9 Å². The minimum Gasteiger partial charge on any atom is -0.480 e. The molecule has 0 aliphatic heterocycles. The minimum absolute atomic E-state index is 0.0987. The fraction of sp³-hybridized carbons (Fsp3) is 0.130. The van der Waals surface area contributed by atoms with Gasteiger partial charge in [-0.25, -0.2) is 4.98 Å². The molecule has 0 amide bonds. The van der Waals surface area contributed by atoms with Gasteiger partial charge < -0.3 is 15.2 Å². The Bertz CT molecular complexity index is 1410. The van der Waals surface area contributed by atoms with Gasteiger partial charge in [0.25, 0.3) is 5.56 Å². The first-order valence-electron chi connectivity index (χ1n) is 10.0. The van der Waals surface area contributed by atoms with E-state index in [9.17, 15) is 18.0 Å². The number of rotatable bonds is 6. The van der Waals surface area contributed by atoms with Crippen molar-refractivity contribution in [3.63, 3.8) is 0 Å². The van der Waals surface area contributed by atoms with Crippen molar-refractivity contribution in [3.05, 3.63) is 87.6 Å². The van der Waals surface area contributed by atoms with Gasteiger partial charge in [-0.3, -0.25) is 9.36 Å². The van der Waals surface area contributed by atoms with Gasteiger partial charge in [0, 0.05) is 27.9 Å². The van der Waals surface area contributed by atoms with E-state index in [0.29, 0.717) is 11.3 Å². The molecule has 0 unspecified atom stereocenters. The Morgan fingerprint density at radius 1 is 1.09 bits per heavy atom. The largest absolute Gasteiger partial charge is 0.480 e. The van der Waals surface area contributed by atoms with Crippen molar-refractivity contribution in [2.24, 2.45) is 0 Å². The molecule has 0 aliphatic carbocycles. The summed E-state index contributed by atoms with van der Waals surface area (Å²) in [5.41, 5.74) is 4.90. The maximum atomic E-state index is 13.6. The normalized spacial score (nSPS) is 11.3. The molecule has 4 aromatic rings. The molecule has 0 spiro atoms. The number of nitrogen functional groups attached to an aromatic ring is 1. The molecule has 2 aromatic heterocycles. The highest BCUT2D eigenvalue weighted by Gasteiger charge is 2.39. The van der Waals surface area contributed by atoms with E-state index < -0.39 is 23.2 Å². The molecule has 12 heteroatoms. The van der Waals surface area contributed by atoms with Crippen LogP contribution in [-0.4, -0.2) is 26.9 Å². The van der Waals surface area contributed by atoms with Crippen molar-refractivity contribution in [2.75, 3.05) is 12.8 Å². The Balaban J connectivity index is 1.79. The lowest BCUT2D eigenvalue weighted by molar-refractivity contribution is -0.142. The maximum Gasteiger partial charge on any atom is 0.437 e. The topological polar surface area (TPSA) is 105 Å². The number of halogens is 4. The molecular formula is C23H17ClF3N5O3. The molecule has 4 rings (SSSR count). The van der Waals surface area contributed by atoms with Crippen LogP contribution in [0, 0.1) is 0 Å².